The maximum absolute atomic E-state index is 12.6. The van der Waals surface area contributed by atoms with E-state index in [0.717, 1.165) is 36.5 Å². The Morgan fingerprint density at radius 1 is 1.29 bits per heavy atom. The van der Waals surface area contributed by atoms with Gasteiger partial charge in [-0.05, 0) is 30.4 Å². The van der Waals surface area contributed by atoms with Gasteiger partial charge in [-0.1, -0.05) is 6.07 Å². The van der Waals surface area contributed by atoms with Crippen LogP contribution in [0, 0.1) is 0 Å². The van der Waals surface area contributed by atoms with E-state index in [1.807, 2.05) is 17.5 Å². The molecule has 9 nitrogen and oxygen atoms in total. The molecule has 4 rings (SSSR count). The molecule has 1 amide bonds. The standard InChI is InChI=1S/C18H21N7O2S/c1-24-13(10-12(23-24)14-6-5-9-28-14)16(26)19-11-15-20-17(22-18(21-15)27-2)25-7-3-4-8-25/h5-6,9-10H,3-4,7-8,11H2,1-2H3,(H,19,26). The van der Waals surface area contributed by atoms with E-state index >= 15 is 0 Å². The number of ether oxygens (including phenoxy) is 1. The smallest absolute Gasteiger partial charge is 0.321 e. The minimum absolute atomic E-state index is 0.179. The quantitative estimate of drug-likeness (QED) is 0.676. The van der Waals surface area contributed by atoms with Gasteiger partial charge in [0.25, 0.3) is 5.91 Å². The number of hydrogen-bond donors (Lipinski definition) is 1. The van der Waals surface area contributed by atoms with Crippen LogP contribution in [0.3, 0.4) is 0 Å². The van der Waals surface area contributed by atoms with Crippen LogP contribution in [0.2, 0.25) is 0 Å². The second-order valence-electron chi connectivity index (χ2n) is 6.43. The van der Waals surface area contributed by atoms with E-state index in [-0.39, 0.29) is 18.5 Å². The number of aryl methyl sites for hydroxylation is 1. The lowest BCUT2D eigenvalue weighted by Gasteiger charge is -2.16. The maximum Gasteiger partial charge on any atom is 0.321 e. The number of methoxy groups -OCH3 is 1. The van der Waals surface area contributed by atoms with Gasteiger partial charge in [-0.3, -0.25) is 9.48 Å². The van der Waals surface area contributed by atoms with Crippen LogP contribution in [0.1, 0.15) is 29.2 Å². The van der Waals surface area contributed by atoms with Crippen molar-refractivity contribution in [1.29, 1.82) is 0 Å². The predicted octanol–water partition coefficient (Wildman–Crippen LogP) is 1.87. The third-order valence-electron chi connectivity index (χ3n) is 4.51. The summed E-state index contributed by atoms with van der Waals surface area (Å²) in [7, 11) is 3.27. The summed E-state index contributed by atoms with van der Waals surface area (Å²) in [5.41, 5.74) is 1.25. The molecule has 0 spiro atoms. The maximum atomic E-state index is 12.6. The first kappa shape index (κ1) is 18.4. The number of carbonyl (C=O) groups is 1. The van der Waals surface area contributed by atoms with Gasteiger partial charge < -0.3 is 15.0 Å². The Hall–Kier alpha value is -3.01. The summed E-state index contributed by atoms with van der Waals surface area (Å²) in [5.74, 6) is 0.816. The minimum atomic E-state index is -0.236. The largest absolute Gasteiger partial charge is 0.467 e. The molecule has 0 saturated carbocycles. The molecule has 10 heteroatoms. The Balaban J connectivity index is 1.48. The topological polar surface area (TPSA) is 98.1 Å². The summed E-state index contributed by atoms with van der Waals surface area (Å²) in [5, 5.41) is 9.26. The second kappa shape index (κ2) is 7.93. The number of anilines is 1. The van der Waals surface area contributed by atoms with Gasteiger partial charge in [0.2, 0.25) is 5.95 Å². The number of nitrogens with one attached hydrogen (secondary N) is 1. The van der Waals surface area contributed by atoms with Crippen molar-refractivity contribution in [2.75, 3.05) is 25.1 Å². The fourth-order valence-electron chi connectivity index (χ4n) is 3.09. The highest BCUT2D eigenvalue weighted by atomic mass is 32.1. The molecule has 0 atom stereocenters. The van der Waals surface area contributed by atoms with Crippen LogP contribution in [0.25, 0.3) is 10.6 Å². The number of thiophene rings is 1. The Kier molecular flexibility index (Phi) is 5.20. The van der Waals surface area contributed by atoms with Gasteiger partial charge in [0, 0.05) is 20.1 Å². The van der Waals surface area contributed by atoms with Crippen molar-refractivity contribution in [2.24, 2.45) is 7.05 Å². The van der Waals surface area contributed by atoms with Crippen LogP contribution in [0.15, 0.2) is 23.6 Å². The first-order valence-electron chi connectivity index (χ1n) is 9.04. The summed E-state index contributed by atoms with van der Waals surface area (Å²) in [6.45, 7) is 2.01. The molecule has 3 aromatic heterocycles. The van der Waals surface area contributed by atoms with E-state index in [9.17, 15) is 4.79 Å². The molecule has 0 radical (unpaired) electrons. The fraction of sp³-hybridized carbons (Fsp3) is 0.389. The summed E-state index contributed by atoms with van der Waals surface area (Å²) in [6.07, 6.45) is 2.24. The van der Waals surface area contributed by atoms with Crippen molar-refractivity contribution in [1.82, 2.24) is 30.0 Å². The normalized spacial score (nSPS) is 13.7. The molecule has 3 aromatic rings. The zero-order chi connectivity index (χ0) is 19.5. The van der Waals surface area contributed by atoms with Crippen molar-refractivity contribution in [3.8, 4) is 16.6 Å². The lowest BCUT2D eigenvalue weighted by molar-refractivity contribution is 0.0940. The van der Waals surface area contributed by atoms with Gasteiger partial charge in [0.1, 0.15) is 11.4 Å². The van der Waals surface area contributed by atoms with Gasteiger partial charge >= 0.3 is 6.01 Å². The third kappa shape index (κ3) is 3.81. The molecule has 0 aliphatic carbocycles. The molecular formula is C18H21N7O2S. The lowest BCUT2D eigenvalue weighted by Crippen LogP contribution is -2.27. The van der Waals surface area contributed by atoms with Gasteiger partial charge in [-0.25, -0.2) is 0 Å². The number of rotatable bonds is 6. The zero-order valence-corrected chi connectivity index (χ0v) is 16.6. The van der Waals surface area contributed by atoms with Crippen LogP contribution >= 0.6 is 11.3 Å². The first-order chi connectivity index (χ1) is 13.6. The second-order valence-corrected chi connectivity index (χ2v) is 7.38. The van der Waals surface area contributed by atoms with Crippen molar-refractivity contribution >= 4 is 23.2 Å². The molecule has 1 N–H and O–H groups in total. The molecule has 28 heavy (non-hydrogen) atoms. The van der Waals surface area contributed by atoms with E-state index in [1.54, 1.807) is 29.1 Å². The molecule has 1 fully saturated rings. The summed E-state index contributed by atoms with van der Waals surface area (Å²) >= 11 is 1.58. The van der Waals surface area contributed by atoms with Crippen LogP contribution in [-0.2, 0) is 13.6 Å². The molecule has 0 unspecified atom stereocenters. The fourth-order valence-corrected chi connectivity index (χ4v) is 3.77. The summed E-state index contributed by atoms with van der Waals surface area (Å²) < 4.78 is 6.77. The van der Waals surface area contributed by atoms with Gasteiger partial charge in [0.15, 0.2) is 5.82 Å². The minimum Gasteiger partial charge on any atom is -0.467 e. The van der Waals surface area contributed by atoms with E-state index in [0.29, 0.717) is 17.5 Å². The van der Waals surface area contributed by atoms with Crippen molar-refractivity contribution in [2.45, 2.75) is 19.4 Å². The van der Waals surface area contributed by atoms with Crippen molar-refractivity contribution < 1.29 is 9.53 Å². The van der Waals surface area contributed by atoms with E-state index in [2.05, 4.69) is 30.3 Å². The van der Waals surface area contributed by atoms with Crippen molar-refractivity contribution in [3.63, 3.8) is 0 Å². The van der Waals surface area contributed by atoms with E-state index < -0.39 is 0 Å². The highest BCUT2D eigenvalue weighted by molar-refractivity contribution is 7.13. The average molecular weight is 399 g/mol. The molecule has 4 heterocycles. The predicted molar refractivity (Wildman–Crippen MR) is 106 cm³/mol. The van der Waals surface area contributed by atoms with E-state index in [1.165, 1.54) is 7.11 Å². The Bertz CT molecular complexity index is 964. The summed E-state index contributed by atoms with van der Waals surface area (Å²) in [4.78, 5) is 28.8. The average Bonchev–Trinajstić information content (AvgIpc) is 3.46. The molecule has 1 saturated heterocycles. The molecule has 1 aliphatic heterocycles. The van der Waals surface area contributed by atoms with Crippen LogP contribution in [0.5, 0.6) is 6.01 Å². The monoisotopic (exact) mass is 399 g/mol. The molecule has 1 aliphatic rings. The zero-order valence-electron chi connectivity index (χ0n) is 15.8. The number of nitrogens with zero attached hydrogens (tertiary/aromatic N) is 6. The molecular weight excluding hydrogens is 378 g/mol. The number of hydrogen-bond acceptors (Lipinski definition) is 8. The Morgan fingerprint density at radius 3 is 2.82 bits per heavy atom. The van der Waals surface area contributed by atoms with Gasteiger partial charge in [0.05, 0.1) is 18.5 Å². The number of aromatic nitrogens is 5. The molecule has 146 valence electrons. The Morgan fingerprint density at radius 2 is 2.11 bits per heavy atom. The number of amides is 1. The molecule has 0 bridgehead atoms. The SMILES string of the molecule is COc1nc(CNC(=O)c2cc(-c3cccs3)nn2C)nc(N2CCCC2)n1. The highest BCUT2D eigenvalue weighted by Gasteiger charge is 2.19. The number of carbonyl (C=O) groups excluding carboxylic acids is 1. The third-order valence-corrected chi connectivity index (χ3v) is 5.41. The van der Waals surface area contributed by atoms with E-state index in [4.69, 9.17) is 4.74 Å². The first-order valence-corrected chi connectivity index (χ1v) is 9.92. The highest BCUT2D eigenvalue weighted by Crippen LogP contribution is 2.24. The Labute approximate surface area is 166 Å². The van der Waals surface area contributed by atoms with Gasteiger partial charge in [-0.15, -0.1) is 11.3 Å². The van der Waals surface area contributed by atoms with Crippen LogP contribution in [-0.4, -0.2) is 50.8 Å². The van der Waals surface area contributed by atoms with Crippen molar-refractivity contribution in [3.05, 3.63) is 35.1 Å². The lowest BCUT2D eigenvalue weighted by atomic mass is 10.3. The molecule has 0 aromatic carbocycles. The van der Waals surface area contributed by atoms with Crippen LogP contribution in [0.4, 0.5) is 5.95 Å². The van der Waals surface area contributed by atoms with Crippen LogP contribution < -0.4 is 15.0 Å². The summed E-state index contributed by atoms with van der Waals surface area (Å²) in [6, 6.07) is 5.97. The van der Waals surface area contributed by atoms with Gasteiger partial charge in [-0.2, -0.15) is 20.1 Å².